The van der Waals surface area contributed by atoms with E-state index in [-0.39, 0.29) is 23.1 Å². The van der Waals surface area contributed by atoms with E-state index < -0.39 is 0 Å². The standard InChI is InChI=1S/C9H13BrN4O.C5H12N2.C4H2Br2N2O.CH4/c1-13-2-4-14(5-3-13)8-9(15)11-6-7(10)12-8;1-7-4-2-6-3-5-7;5-2-1-7-4(9)3(6)8-2;/h6H,2-5H2,1H3,(H,11,15);6H,2-5H2,1H3;1H,(H,7,9);1H4. The van der Waals surface area contributed by atoms with Gasteiger partial charge in [-0.05, 0) is 61.9 Å². The van der Waals surface area contributed by atoms with Gasteiger partial charge in [-0.3, -0.25) is 9.59 Å². The monoisotopic (exact) mass is 640 g/mol. The molecule has 0 unspecified atom stereocenters. The molecule has 3 N–H and O–H groups in total. The molecule has 2 saturated heterocycles. The Balaban J connectivity index is 0.000000258. The Bertz CT molecular complexity index is 925. The van der Waals surface area contributed by atoms with Crippen LogP contribution >= 0.6 is 47.8 Å². The van der Waals surface area contributed by atoms with Crippen LogP contribution < -0.4 is 21.3 Å². The van der Waals surface area contributed by atoms with E-state index in [0.717, 1.165) is 39.3 Å². The van der Waals surface area contributed by atoms with Gasteiger partial charge in [-0.15, -0.1) is 0 Å². The molecule has 32 heavy (non-hydrogen) atoms. The third-order valence-electron chi connectivity index (χ3n) is 4.60. The van der Waals surface area contributed by atoms with Crippen LogP contribution in [0.5, 0.6) is 0 Å². The molecule has 10 nitrogen and oxygen atoms in total. The van der Waals surface area contributed by atoms with E-state index in [4.69, 9.17) is 0 Å². The maximum absolute atomic E-state index is 11.6. The van der Waals surface area contributed by atoms with Crippen molar-refractivity contribution in [1.29, 1.82) is 0 Å². The molecule has 0 saturated carbocycles. The summed E-state index contributed by atoms with van der Waals surface area (Å²) in [7, 11) is 4.23. The lowest BCUT2D eigenvalue weighted by Crippen LogP contribution is -2.46. The van der Waals surface area contributed by atoms with Crippen LogP contribution in [0.25, 0.3) is 0 Å². The molecule has 4 heterocycles. The number of halogens is 3. The van der Waals surface area contributed by atoms with Gasteiger partial charge in [0.05, 0.1) is 0 Å². The Morgan fingerprint density at radius 2 is 1.28 bits per heavy atom. The zero-order valence-corrected chi connectivity index (χ0v) is 22.3. The highest BCUT2D eigenvalue weighted by molar-refractivity contribution is 9.11. The minimum absolute atomic E-state index is 0. The largest absolute Gasteiger partial charge is 0.349 e. The number of nitrogens with one attached hydrogen (secondary N) is 3. The van der Waals surface area contributed by atoms with Crippen LogP contribution in [0.4, 0.5) is 5.82 Å². The first-order chi connectivity index (χ1) is 14.8. The van der Waals surface area contributed by atoms with Gasteiger partial charge in [0.1, 0.15) is 9.21 Å². The average molecular weight is 643 g/mol. The van der Waals surface area contributed by atoms with Gasteiger partial charge in [-0.25, -0.2) is 9.97 Å². The Morgan fingerprint density at radius 1 is 0.781 bits per heavy atom. The zero-order valence-electron chi connectivity index (χ0n) is 17.5. The number of piperazine rings is 2. The fraction of sp³-hybridized carbons (Fsp3) is 0.579. The van der Waals surface area contributed by atoms with Crippen molar-refractivity contribution in [3.05, 3.63) is 46.9 Å². The molecule has 180 valence electrons. The summed E-state index contributed by atoms with van der Waals surface area (Å²) in [5, 5.41) is 3.27. The SMILES string of the molecule is C.CN1CCN(c2nc(Br)c[nH]c2=O)CC1.CN1CCNCC1.O=c1[nH]cc(Br)nc1Br. The minimum Gasteiger partial charge on any atom is -0.349 e. The first-order valence-corrected chi connectivity index (χ1v) is 12.1. The molecule has 2 aromatic rings. The van der Waals surface area contributed by atoms with Crippen LogP contribution in [0.15, 0.2) is 35.8 Å². The van der Waals surface area contributed by atoms with Gasteiger partial charge in [0, 0.05) is 64.8 Å². The number of aromatic amines is 2. The summed E-state index contributed by atoms with van der Waals surface area (Å²) in [6.07, 6.45) is 3.04. The molecule has 2 aliphatic rings. The third kappa shape index (κ3) is 10.2. The maximum Gasteiger partial charge on any atom is 0.290 e. The highest BCUT2D eigenvalue weighted by atomic mass is 79.9. The molecule has 2 aromatic heterocycles. The van der Waals surface area contributed by atoms with Crippen molar-refractivity contribution >= 4 is 53.6 Å². The van der Waals surface area contributed by atoms with E-state index in [9.17, 15) is 9.59 Å². The molecule has 0 aliphatic carbocycles. The van der Waals surface area contributed by atoms with Crippen LogP contribution in [-0.2, 0) is 0 Å². The molecular formula is C19H31Br3N8O2. The van der Waals surface area contributed by atoms with Gasteiger partial charge in [0.15, 0.2) is 10.4 Å². The van der Waals surface area contributed by atoms with Crippen LogP contribution in [0.1, 0.15) is 7.43 Å². The van der Waals surface area contributed by atoms with E-state index in [0.29, 0.717) is 15.0 Å². The predicted molar refractivity (Wildman–Crippen MR) is 140 cm³/mol. The lowest BCUT2D eigenvalue weighted by molar-refractivity contribution is 0.291. The smallest absolute Gasteiger partial charge is 0.290 e. The first kappa shape index (κ1) is 28.9. The molecule has 4 rings (SSSR count). The summed E-state index contributed by atoms with van der Waals surface area (Å²) in [6, 6.07) is 0. The molecule has 0 radical (unpaired) electrons. The fourth-order valence-corrected chi connectivity index (χ4v) is 3.86. The lowest BCUT2D eigenvalue weighted by atomic mass is 10.3. The summed E-state index contributed by atoms with van der Waals surface area (Å²) in [6.45, 7) is 8.38. The van der Waals surface area contributed by atoms with Crippen molar-refractivity contribution in [3.63, 3.8) is 0 Å². The van der Waals surface area contributed by atoms with E-state index in [1.165, 1.54) is 19.3 Å². The molecular weight excluding hydrogens is 612 g/mol. The second-order valence-electron chi connectivity index (χ2n) is 7.06. The number of likely N-dealkylation sites (N-methyl/N-ethyl adjacent to an activating group) is 2. The summed E-state index contributed by atoms with van der Waals surface area (Å²) >= 11 is 9.30. The molecule has 13 heteroatoms. The van der Waals surface area contributed by atoms with Crippen molar-refractivity contribution in [3.8, 4) is 0 Å². The molecule has 0 bridgehead atoms. The van der Waals surface area contributed by atoms with Gasteiger partial charge >= 0.3 is 0 Å². The molecule has 0 amide bonds. The molecule has 2 aliphatic heterocycles. The second-order valence-corrected chi connectivity index (χ2v) is 9.44. The van der Waals surface area contributed by atoms with Crippen LogP contribution in [0, 0.1) is 0 Å². The van der Waals surface area contributed by atoms with Crippen molar-refractivity contribution in [2.75, 3.05) is 71.4 Å². The summed E-state index contributed by atoms with van der Waals surface area (Å²) < 4.78 is 1.56. The number of nitrogens with zero attached hydrogens (tertiary/aromatic N) is 5. The summed E-state index contributed by atoms with van der Waals surface area (Å²) in [5.41, 5.74) is -0.346. The summed E-state index contributed by atoms with van der Waals surface area (Å²) in [4.78, 5) is 41.8. The third-order valence-corrected chi connectivity index (χ3v) is 5.95. The van der Waals surface area contributed by atoms with Crippen molar-refractivity contribution in [2.24, 2.45) is 0 Å². The van der Waals surface area contributed by atoms with Crippen molar-refractivity contribution in [1.82, 2.24) is 35.1 Å². The van der Waals surface area contributed by atoms with Crippen LogP contribution in [-0.4, -0.2) is 96.2 Å². The van der Waals surface area contributed by atoms with E-state index in [1.807, 2.05) is 4.90 Å². The topological polar surface area (TPSA) is 113 Å². The maximum atomic E-state index is 11.6. The summed E-state index contributed by atoms with van der Waals surface area (Å²) in [5.74, 6) is 0.512. The normalized spacial score (nSPS) is 16.7. The first-order valence-electron chi connectivity index (χ1n) is 9.75. The Labute approximate surface area is 213 Å². The zero-order chi connectivity index (χ0) is 22.8. The average Bonchev–Trinajstić information content (AvgIpc) is 2.75. The van der Waals surface area contributed by atoms with E-state index >= 15 is 0 Å². The van der Waals surface area contributed by atoms with Gasteiger partial charge < -0.3 is 30.0 Å². The highest BCUT2D eigenvalue weighted by Crippen LogP contribution is 2.11. The Morgan fingerprint density at radius 3 is 1.75 bits per heavy atom. The molecule has 0 aromatic carbocycles. The van der Waals surface area contributed by atoms with E-state index in [2.05, 4.69) is 96.9 Å². The minimum atomic E-state index is -0.224. The number of hydrogen-bond donors (Lipinski definition) is 3. The van der Waals surface area contributed by atoms with Crippen molar-refractivity contribution < 1.29 is 0 Å². The number of rotatable bonds is 1. The number of anilines is 1. The quantitative estimate of drug-likeness (QED) is 0.431. The van der Waals surface area contributed by atoms with Gasteiger partial charge in [-0.1, -0.05) is 7.43 Å². The van der Waals surface area contributed by atoms with E-state index in [1.54, 1.807) is 6.20 Å². The van der Waals surface area contributed by atoms with Gasteiger partial charge in [-0.2, -0.15) is 0 Å². The number of aromatic nitrogens is 4. The second kappa shape index (κ2) is 14.9. The lowest BCUT2D eigenvalue weighted by Gasteiger charge is -2.32. The number of H-pyrrole nitrogens is 2. The van der Waals surface area contributed by atoms with Crippen LogP contribution in [0.3, 0.4) is 0 Å². The Kier molecular flexibility index (Phi) is 13.5. The number of hydrogen-bond acceptors (Lipinski definition) is 8. The molecule has 0 atom stereocenters. The predicted octanol–water partition coefficient (Wildman–Crippen LogP) is 1.74. The molecule has 0 spiro atoms. The van der Waals surface area contributed by atoms with Crippen molar-refractivity contribution in [2.45, 2.75) is 7.43 Å². The highest BCUT2D eigenvalue weighted by Gasteiger charge is 2.17. The van der Waals surface area contributed by atoms with Crippen LogP contribution in [0.2, 0.25) is 0 Å². The van der Waals surface area contributed by atoms with Gasteiger partial charge in [0.25, 0.3) is 11.1 Å². The Hall–Kier alpha value is -1.12. The fourth-order valence-electron chi connectivity index (χ4n) is 2.74. The van der Waals surface area contributed by atoms with Gasteiger partial charge in [0.2, 0.25) is 0 Å². The molecule has 2 fully saturated rings.